The van der Waals surface area contributed by atoms with Gasteiger partial charge in [0.1, 0.15) is 0 Å². The van der Waals surface area contributed by atoms with Gasteiger partial charge in [-0.25, -0.2) is 0 Å². The molecule has 0 aromatic heterocycles. The van der Waals surface area contributed by atoms with Gasteiger partial charge in [-0.15, -0.1) is 0 Å². The molecule has 0 heterocycles. The Morgan fingerprint density at radius 2 is 1.68 bits per heavy atom. The van der Waals surface area contributed by atoms with Crippen LogP contribution in [0.5, 0.6) is 0 Å². The number of amides is 1. The highest BCUT2D eigenvalue weighted by atomic mass is 32.1. The van der Waals surface area contributed by atoms with Crippen LogP contribution in [-0.2, 0) is 6.42 Å². The fraction of sp³-hybridized carbons (Fsp3) is 0.0667. The second-order valence-corrected chi connectivity index (χ2v) is 4.68. The molecule has 0 unspecified atom stereocenters. The Bertz CT molecular complexity index is 579. The number of carbonyl (C=O) groups is 1. The first-order valence-electron chi connectivity index (χ1n) is 5.89. The van der Waals surface area contributed by atoms with Crippen LogP contribution in [0.2, 0.25) is 0 Å². The summed E-state index contributed by atoms with van der Waals surface area (Å²) in [5.74, 6) is -0.131. The predicted molar refractivity (Wildman–Crippen MR) is 81.3 cm³/mol. The molecular formula is C15H14N2OS. The summed E-state index contributed by atoms with van der Waals surface area (Å²) in [4.78, 5) is 12.4. The molecule has 0 saturated heterocycles. The first-order chi connectivity index (χ1) is 9.15. The first-order valence-corrected chi connectivity index (χ1v) is 6.29. The molecule has 3 nitrogen and oxygen atoms in total. The molecule has 0 atom stereocenters. The molecule has 19 heavy (non-hydrogen) atoms. The highest BCUT2D eigenvalue weighted by Crippen LogP contribution is 2.10. The predicted octanol–water partition coefficient (Wildman–Crippen LogP) is 2.77. The molecule has 0 saturated carbocycles. The molecule has 3 N–H and O–H groups in total. The lowest BCUT2D eigenvalue weighted by atomic mass is 10.1. The van der Waals surface area contributed by atoms with E-state index in [1.54, 1.807) is 12.1 Å². The lowest BCUT2D eigenvalue weighted by molar-refractivity contribution is 0.102. The molecule has 2 aromatic carbocycles. The summed E-state index contributed by atoms with van der Waals surface area (Å²) in [6.07, 6.45) is 0.552. The summed E-state index contributed by atoms with van der Waals surface area (Å²) in [6.45, 7) is 0. The molecule has 4 heteroatoms. The number of benzene rings is 2. The summed E-state index contributed by atoms with van der Waals surface area (Å²) in [6, 6.07) is 16.6. The molecule has 96 valence electrons. The molecule has 1 amide bonds. The number of hydrogen-bond donors (Lipinski definition) is 2. The lowest BCUT2D eigenvalue weighted by Crippen LogP contribution is -2.13. The van der Waals surface area contributed by atoms with E-state index in [2.05, 4.69) is 5.32 Å². The van der Waals surface area contributed by atoms with E-state index < -0.39 is 0 Å². The van der Waals surface area contributed by atoms with Crippen molar-refractivity contribution in [2.75, 3.05) is 5.32 Å². The maximum absolute atomic E-state index is 12.0. The minimum absolute atomic E-state index is 0.131. The van der Waals surface area contributed by atoms with Gasteiger partial charge < -0.3 is 11.1 Å². The molecule has 0 bridgehead atoms. The first kappa shape index (κ1) is 13.2. The van der Waals surface area contributed by atoms with Crippen LogP contribution in [0.4, 0.5) is 5.69 Å². The van der Waals surface area contributed by atoms with E-state index in [1.165, 1.54) is 0 Å². The van der Waals surface area contributed by atoms with Crippen molar-refractivity contribution >= 4 is 28.8 Å². The SMILES string of the molecule is NC(=S)Cc1ccc(C(=O)Nc2ccccc2)cc1. The lowest BCUT2D eigenvalue weighted by Gasteiger charge is -2.06. The van der Waals surface area contributed by atoms with Crippen molar-refractivity contribution < 1.29 is 4.79 Å². The number of thiocarbonyl (C=S) groups is 1. The molecule has 0 aliphatic heterocycles. The van der Waals surface area contributed by atoms with Crippen molar-refractivity contribution in [3.05, 3.63) is 65.7 Å². The second kappa shape index (κ2) is 6.11. The van der Waals surface area contributed by atoms with Crippen LogP contribution in [-0.4, -0.2) is 10.9 Å². The van der Waals surface area contributed by atoms with Gasteiger partial charge in [0.05, 0.1) is 4.99 Å². The van der Waals surface area contributed by atoms with Crippen molar-refractivity contribution in [2.24, 2.45) is 5.73 Å². The molecule has 0 radical (unpaired) electrons. The Labute approximate surface area is 117 Å². The average Bonchev–Trinajstić information content (AvgIpc) is 2.40. The van der Waals surface area contributed by atoms with E-state index in [9.17, 15) is 4.79 Å². The van der Waals surface area contributed by atoms with Crippen LogP contribution >= 0.6 is 12.2 Å². The third kappa shape index (κ3) is 3.89. The normalized spacial score (nSPS) is 9.89. The summed E-state index contributed by atoms with van der Waals surface area (Å²) in [7, 11) is 0. The van der Waals surface area contributed by atoms with Crippen molar-refractivity contribution in [2.45, 2.75) is 6.42 Å². The highest BCUT2D eigenvalue weighted by Gasteiger charge is 2.05. The third-order valence-corrected chi connectivity index (χ3v) is 2.77. The van der Waals surface area contributed by atoms with Crippen molar-refractivity contribution in [1.82, 2.24) is 0 Å². The van der Waals surface area contributed by atoms with Gasteiger partial charge in [0.2, 0.25) is 0 Å². The molecule has 0 spiro atoms. The van der Waals surface area contributed by atoms with E-state index in [4.69, 9.17) is 18.0 Å². The van der Waals surface area contributed by atoms with Crippen LogP contribution < -0.4 is 11.1 Å². The fourth-order valence-corrected chi connectivity index (χ4v) is 1.87. The minimum Gasteiger partial charge on any atom is -0.393 e. The zero-order chi connectivity index (χ0) is 13.7. The Morgan fingerprint density at radius 1 is 1.05 bits per heavy atom. The van der Waals surface area contributed by atoms with Gasteiger partial charge >= 0.3 is 0 Å². The number of carbonyl (C=O) groups excluding carboxylic acids is 1. The number of nitrogens with one attached hydrogen (secondary N) is 1. The molecule has 0 fully saturated rings. The van der Waals surface area contributed by atoms with E-state index >= 15 is 0 Å². The van der Waals surface area contributed by atoms with Crippen LogP contribution in [0.3, 0.4) is 0 Å². The van der Waals surface area contributed by atoms with Gasteiger partial charge in [0.25, 0.3) is 5.91 Å². The smallest absolute Gasteiger partial charge is 0.255 e. The van der Waals surface area contributed by atoms with Gasteiger partial charge in [-0.05, 0) is 29.8 Å². The van der Waals surface area contributed by atoms with E-state index in [0.717, 1.165) is 11.3 Å². The molecule has 0 aliphatic carbocycles. The molecule has 0 aliphatic rings. The summed E-state index contributed by atoms with van der Waals surface area (Å²) in [5, 5.41) is 2.83. The number of anilines is 1. The highest BCUT2D eigenvalue weighted by molar-refractivity contribution is 7.80. The standard InChI is InChI=1S/C15H14N2OS/c16-14(19)10-11-6-8-12(9-7-11)15(18)17-13-4-2-1-3-5-13/h1-9H,10H2,(H2,16,19)(H,17,18). The van der Waals surface area contributed by atoms with Gasteiger partial charge in [0, 0.05) is 17.7 Å². The molecule has 2 rings (SSSR count). The van der Waals surface area contributed by atoms with Crippen LogP contribution in [0.15, 0.2) is 54.6 Å². The van der Waals surface area contributed by atoms with Gasteiger partial charge in [-0.3, -0.25) is 4.79 Å². The quantitative estimate of drug-likeness (QED) is 0.840. The van der Waals surface area contributed by atoms with Gasteiger partial charge in [0.15, 0.2) is 0 Å². The second-order valence-electron chi connectivity index (χ2n) is 4.16. The fourth-order valence-electron chi connectivity index (χ4n) is 1.70. The van der Waals surface area contributed by atoms with Crippen LogP contribution in [0, 0.1) is 0 Å². The third-order valence-electron chi connectivity index (χ3n) is 2.63. The van der Waals surface area contributed by atoms with Crippen molar-refractivity contribution in [1.29, 1.82) is 0 Å². The van der Waals surface area contributed by atoms with Crippen LogP contribution in [0.25, 0.3) is 0 Å². The van der Waals surface area contributed by atoms with E-state index in [1.807, 2.05) is 42.5 Å². The topological polar surface area (TPSA) is 55.1 Å². The summed E-state index contributed by atoms with van der Waals surface area (Å²) >= 11 is 4.85. The monoisotopic (exact) mass is 270 g/mol. The summed E-state index contributed by atoms with van der Waals surface area (Å²) in [5.41, 5.74) is 7.86. The Hall–Kier alpha value is -2.20. The number of hydrogen-bond acceptors (Lipinski definition) is 2. The van der Waals surface area contributed by atoms with Crippen molar-refractivity contribution in [3.8, 4) is 0 Å². The summed E-state index contributed by atoms with van der Waals surface area (Å²) < 4.78 is 0. The Morgan fingerprint density at radius 3 is 2.26 bits per heavy atom. The number of para-hydroxylation sites is 1. The largest absolute Gasteiger partial charge is 0.393 e. The van der Waals surface area contributed by atoms with Crippen LogP contribution in [0.1, 0.15) is 15.9 Å². The van der Waals surface area contributed by atoms with E-state index in [0.29, 0.717) is 17.0 Å². The van der Waals surface area contributed by atoms with Gasteiger partial charge in [-0.2, -0.15) is 0 Å². The average molecular weight is 270 g/mol. The number of rotatable bonds is 4. The molecule has 2 aromatic rings. The maximum Gasteiger partial charge on any atom is 0.255 e. The van der Waals surface area contributed by atoms with E-state index in [-0.39, 0.29) is 5.91 Å². The Kier molecular flexibility index (Phi) is 4.26. The maximum atomic E-state index is 12.0. The molecular weight excluding hydrogens is 256 g/mol. The van der Waals surface area contributed by atoms with Crippen molar-refractivity contribution in [3.63, 3.8) is 0 Å². The minimum atomic E-state index is -0.131. The zero-order valence-corrected chi connectivity index (χ0v) is 11.1. The zero-order valence-electron chi connectivity index (χ0n) is 10.3. The van der Waals surface area contributed by atoms with Gasteiger partial charge in [-0.1, -0.05) is 42.5 Å². The number of nitrogens with two attached hydrogens (primary N) is 1. The Balaban J connectivity index is 2.05.